The van der Waals surface area contributed by atoms with Crippen LogP contribution in [0.3, 0.4) is 0 Å². The lowest BCUT2D eigenvalue weighted by Gasteiger charge is -2.52. The lowest BCUT2D eigenvalue weighted by atomic mass is 9.72. The summed E-state index contributed by atoms with van der Waals surface area (Å²) < 4.78 is 0. The van der Waals surface area contributed by atoms with Crippen LogP contribution in [0.1, 0.15) is 47.0 Å². The summed E-state index contributed by atoms with van der Waals surface area (Å²) >= 11 is 0. The van der Waals surface area contributed by atoms with Gasteiger partial charge >= 0.3 is 0 Å². The standard InChI is InChI=1S/C16H33N3/c1-15(2)8-7-13(17-5)14(11-15)19-10-9-18(6)16(3,4)12-19/h13-14,17H,7-12H2,1-6H3. The van der Waals surface area contributed by atoms with Crippen LogP contribution in [0.4, 0.5) is 0 Å². The van der Waals surface area contributed by atoms with Gasteiger partial charge in [-0.3, -0.25) is 9.80 Å². The fourth-order valence-electron chi connectivity index (χ4n) is 3.83. The van der Waals surface area contributed by atoms with E-state index in [1.807, 2.05) is 0 Å². The fourth-order valence-corrected chi connectivity index (χ4v) is 3.83. The fraction of sp³-hybridized carbons (Fsp3) is 1.00. The average molecular weight is 267 g/mol. The molecule has 0 aromatic carbocycles. The van der Waals surface area contributed by atoms with E-state index in [1.54, 1.807) is 0 Å². The van der Waals surface area contributed by atoms with E-state index in [0.717, 1.165) is 0 Å². The molecule has 1 aliphatic heterocycles. The van der Waals surface area contributed by atoms with Crippen LogP contribution in [0, 0.1) is 5.41 Å². The molecule has 2 aliphatic rings. The van der Waals surface area contributed by atoms with Gasteiger partial charge in [0.1, 0.15) is 0 Å². The number of piperazine rings is 1. The van der Waals surface area contributed by atoms with E-state index in [9.17, 15) is 0 Å². The van der Waals surface area contributed by atoms with Crippen molar-refractivity contribution < 1.29 is 0 Å². The third-order valence-electron chi connectivity index (χ3n) is 5.54. The Morgan fingerprint density at radius 3 is 2.37 bits per heavy atom. The zero-order valence-electron chi connectivity index (χ0n) is 13.8. The summed E-state index contributed by atoms with van der Waals surface area (Å²) in [6.07, 6.45) is 4.01. The van der Waals surface area contributed by atoms with Gasteiger partial charge in [-0.15, -0.1) is 0 Å². The molecule has 1 aliphatic carbocycles. The lowest BCUT2D eigenvalue weighted by Crippen LogP contribution is -2.64. The SMILES string of the molecule is CNC1CCC(C)(C)CC1N1CCN(C)C(C)(C)C1. The largest absolute Gasteiger partial charge is 0.315 e. The van der Waals surface area contributed by atoms with Gasteiger partial charge in [-0.2, -0.15) is 0 Å². The van der Waals surface area contributed by atoms with Gasteiger partial charge in [0.25, 0.3) is 0 Å². The summed E-state index contributed by atoms with van der Waals surface area (Å²) in [5.41, 5.74) is 0.809. The van der Waals surface area contributed by atoms with Gasteiger partial charge in [0.05, 0.1) is 0 Å². The summed E-state index contributed by atoms with van der Waals surface area (Å²) in [7, 11) is 4.40. The zero-order valence-corrected chi connectivity index (χ0v) is 13.8. The van der Waals surface area contributed by atoms with Crippen LogP contribution in [0.15, 0.2) is 0 Å². The molecule has 2 atom stereocenters. The van der Waals surface area contributed by atoms with Crippen molar-refractivity contribution in [3.05, 3.63) is 0 Å². The minimum atomic E-state index is 0.304. The number of nitrogens with zero attached hydrogens (tertiary/aromatic N) is 2. The van der Waals surface area contributed by atoms with Gasteiger partial charge in [0.2, 0.25) is 0 Å². The number of likely N-dealkylation sites (N-methyl/N-ethyl adjacent to an activating group) is 2. The van der Waals surface area contributed by atoms with Gasteiger partial charge in [0.15, 0.2) is 0 Å². The van der Waals surface area contributed by atoms with Gasteiger partial charge in [-0.1, -0.05) is 13.8 Å². The van der Waals surface area contributed by atoms with Crippen molar-refractivity contribution in [1.82, 2.24) is 15.1 Å². The molecule has 3 nitrogen and oxygen atoms in total. The van der Waals surface area contributed by atoms with E-state index < -0.39 is 0 Å². The Kier molecular flexibility index (Phi) is 4.29. The molecular formula is C16H33N3. The van der Waals surface area contributed by atoms with Crippen molar-refractivity contribution in [2.24, 2.45) is 5.41 Å². The van der Waals surface area contributed by atoms with Crippen molar-refractivity contribution in [1.29, 1.82) is 0 Å². The Labute approximate surface area is 119 Å². The molecule has 1 N–H and O–H groups in total. The number of nitrogens with one attached hydrogen (secondary N) is 1. The molecule has 3 heteroatoms. The second kappa shape index (κ2) is 5.34. The Hall–Kier alpha value is -0.120. The average Bonchev–Trinajstić information content (AvgIpc) is 2.31. The minimum absolute atomic E-state index is 0.304. The van der Waals surface area contributed by atoms with Crippen LogP contribution in [0.25, 0.3) is 0 Å². The van der Waals surface area contributed by atoms with Crippen molar-refractivity contribution in [2.75, 3.05) is 33.7 Å². The summed E-state index contributed by atoms with van der Waals surface area (Å²) in [5, 5.41) is 3.57. The quantitative estimate of drug-likeness (QED) is 0.827. The highest BCUT2D eigenvalue weighted by Crippen LogP contribution is 2.38. The summed E-state index contributed by atoms with van der Waals surface area (Å²) in [6, 6.07) is 1.38. The molecule has 112 valence electrons. The smallest absolute Gasteiger partial charge is 0.0277 e. The van der Waals surface area contributed by atoms with E-state index in [4.69, 9.17) is 0 Å². The third kappa shape index (κ3) is 3.32. The van der Waals surface area contributed by atoms with Crippen LogP contribution < -0.4 is 5.32 Å². The normalized spacial score (nSPS) is 36.3. The van der Waals surface area contributed by atoms with Crippen molar-refractivity contribution in [2.45, 2.75) is 64.6 Å². The zero-order chi connectivity index (χ0) is 14.3. The molecule has 0 aromatic rings. The Bertz CT molecular complexity index is 311. The first-order valence-corrected chi connectivity index (χ1v) is 7.88. The molecule has 0 radical (unpaired) electrons. The van der Waals surface area contributed by atoms with E-state index >= 15 is 0 Å². The molecule has 1 heterocycles. The van der Waals surface area contributed by atoms with Crippen LogP contribution in [-0.4, -0.2) is 61.2 Å². The molecule has 1 saturated heterocycles. The molecule has 0 aromatic heterocycles. The molecule has 0 spiro atoms. The van der Waals surface area contributed by atoms with Crippen LogP contribution in [0.5, 0.6) is 0 Å². The third-order valence-corrected chi connectivity index (χ3v) is 5.54. The highest BCUT2D eigenvalue weighted by molar-refractivity contribution is 4.98. The molecular weight excluding hydrogens is 234 g/mol. The first kappa shape index (κ1) is 15.3. The maximum absolute atomic E-state index is 3.57. The Morgan fingerprint density at radius 1 is 1.11 bits per heavy atom. The molecule has 1 saturated carbocycles. The highest BCUT2D eigenvalue weighted by Gasteiger charge is 2.41. The van der Waals surface area contributed by atoms with E-state index in [-0.39, 0.29) is 0 Å². The lowest BCUT2D eigenvalue weighted by molar-refractivity contribution is -0.0175. The second-order valence-corrected chi connectivity index (χ2v) is 8.07. The van der Waals surface area contributed by atoms with Crippen molar-refractivity contribution in [3.8, 4) is 0 Å². The van der Waals surface area contributed by atoms with E-state index in [2.05, 4.69) is 56.9 Å². The summed E-state index contributed by atoms with van der Waals surface area (Å²) in [5.74, 6) is 0. The molecule has 2 rings (SSSR count). The van der Waals surface area contributed by atoms with Crippen LogP contribution >= 0.6 is 0 Å². The van der Waals surface area contributed by atoms with E-state index in [1.165, 1.54) is 38.9 Å². The van der Waals surface area contributed by atoms with Crippen molar-refractivity contribution >= 4 is 0 Å². The maximum Gasteiger partial charge on any atom is 0.0277 e. The number of hydrogen-bond donors (Lipinski definition) is 1. The molecule has 2 fully saturated rings. The highest BCUT2D eigenvalue weighted by atomic mass is 15.3. The summed E-state index contributed by atoms with van der Waals surface area (Å²) in [6.45, 7) is 13.2. The second-order valence-electron chi connectivity index (χ2n) is 8.07. The monoisotopic (exact) mass is 267 g/mol. The van der Waals surface area contributed by atoms with Gasteiger partial charge < -0.3 is 5.32 Å². The molecule has 19 heavy (non-hydrogen) atoms. The van der Waals surface area contributed by atoms with Gasteiger partial charge in [-0.25, -0.2) is 0 Å². The summed E-state index contributed by atoms with van der Waals surface area (Å²) in [4.78, 5) is 5.26. The molecule has 0 bridgehead atoms. The van der Waals surface area contributed by atoms with E-state index in [0.29, 0.717) is 23.0 Å². The predicted molar refractivity (Wildman–Crippen MR) is 82.5 cm³/mol. The molecule has 0 amide bonds. The maximum atomic E-state index is 3.57. The van der Waals surface area contributed by atoms with Crippen molar-refractivity contribution in [3.63, 3.8) is 0 Å². The predicted octanol–water partition coefficient (Wildman–Crippen LogP) is 2.18. The first-order valence-electron chi connectivity index (χ1n) is 7.88. The Balaban J connectivity index is 2.10. The van der Waals surface area contributed by atoms with Gasteiger partial charge in [-0.05, 0) is 52.6 Å². The van der Waals surface area contributed by atoms with Crippen LogP contribution in [0.2, 0.25) is 0 Å². The first-order chi connectivity index (χ1) is 8.75. The number of hydrogen-bond acceptors (Lipinski definition) is 3. The molecule has 2 unspecified atom stereocenters. The topological polar surface area (TPSA) is 18.5 Å². The number of rotatable bonds is 2. The van der Waals surface area contributed by atoms with Gasteiger partial charge in [0, 0.05) is 37.3 Å². The Morgan fingerprint density at radius 2 is 1.79 bits per heavy atom. The minimum Gasteiger partial charge on any atom is -0.315 e. The van der Waals surface area contributed by atoms with Crippen LogP contribution in [-0.2, 0) is 0 Å².